The first-order valence-electron chi connectivity index (χ1n) is 8.70. The molecule has 0 radical (unpaired) electrons. The van der Waals surface area contributed by atoms with Crippen LogP contribution in [0.15, 0.2) is 0 Å². The van der Waals surface area contributed by atoms with Crippen LogP contribution in [-0.2, 0) is 29.0 Å². The molecule has 0 saturated carbocycles. The van der Waals surface area contributed by atoms with Crippen molar-refractivity contribution in [3.63, 3.8) is 0 Å². The number of nitrogens with two attached hydrogens (primary N) is 1. The molecule has 0 fully saturated rings. The number of hydrogen-bond acceptors (Lipinski definition) is 5. The molecule has 2 heterocycles. The summed E-state index contributed by atoms with van der Waals surface area (Å²) in [5.74, 6) is 1.47. The molecule has 4 N–H and O–H groups in total. The summed E-state index contributed by atoms with van der Waals surface area (Å²) in [7, 11) is 0. The van der Waals surface area contributed by atoms with Crippen LogP contribution < -0.4 is 16.4 Å². The molecule has 1 aromatic heterocycles. The van der Waals surface area contributed by atoms with Gasteiger partial charge in [-0.1, -0.05) is 20.3 Å². The topological polar surface area (TPSA) is 115 Å². The normalized spacial score (nSPS) is 15.5. The molecule has 0 saturated heterocycles. The first-order chi connectivity index (χ1) is 11.5. The van der Waals surface area contributed by atoms with Crippen LogP contribution in [0, 0.1) is 5.92 Å². The second-order valence-corrected chi connectivity index (χ2v) is 6.58. The van der Waals surface area contributed by atoms with Crippen LogP contribution in [0.3, 0.4) is 0 Å². The highest BCUT2D eigenvalue weighted by atomic mass is 16.2. The van der Waals surface area contributed by atoms with Crippen LogP contribution in [0.2, 0.25) is 0 Å². The number of carbonyl (C=O) groups is 2. The quantitative estimate of drug-likeness (QED) is 0.636. The van der Waals surface area contributed by atoms with Gasteiger partial charge in [0.25, 0.3) is 0 Å². The fourth-order valence-electron chi connectivity index (χ4n) is 2.69. The first kappa shape index (κ1) is 18.4. The molecular weight excluding hydrogens is 308 g/mol. The van der Waals surface area contributed by atoms with Gasteiger partial charge in [0.1, 0.15) is 11.6 Å². The third kappa shape index (κ3) is 5.02. The Bertz CT molecular complexity index is 569. The van der Waals surface area contributed by atoms with Crippen molar-refractivity contribution < 1.29 is 9.59 Å². The maximum atomic E-state index is 11.8. The molecule has 1 aromatic rings. The molecule has 0 spiro atoms. The minimum atomic E-state index is -0.593. The average molecular weight is 336 g/mol. The van der Waals surface area contributed by atoms with E-state index in [0.717, 1.165) is 37.5 Å². The second kappa shape index (κ2) is 8.77. The van der Waals surface area contributed by atoms with Crippen molar-refractivity contribution in [2.45, 2.75) is 58.5 Å². The van der Waals surface area contributed by atoms with Gasteiger partial charge in [-0.3, -0.25) is 9.59 Å². The lowest BCUT2D eigenvalue weighted by molar-refractivity contribution is -0.127. The molecule has 0 aromatic carbocycles. The van der Waals surface area contributed by atoms with Gasteiger partial charge in [0.05, 0.1) is 12.6 Å². The summed E-state index contributed by atoms with van der Waals surface area (Å²) in [6.07, 6.45) is 5.14. The van der Waals surface area contributed by atoms with E-state index in [0.29, 0.717) is 13.0 Å². The Morgan fingerprint density at radius 3 is 2.75 bits per heavy atom. The van der Waals surface area contributed by atoms with E-state index in [1.165, 1.54) is 6.42 Å². The van der Waals surface area contributed by atoms with E-state index in [2.05, 4.69) is 25.4 Å². The first-order valence-corrected chi connectivity index (χ1v) is 8.70. The molecule has 2 rings (SSSR count). The van der Waals surface area contributed by atoms with E-state index in [4.69, 9.17) is 5.73 Å². The maximum Gasteiger partial charge on any atom is 0.239 e. The maximum absolute atomic E-state index is 11.8. The van der Waals surface area contributed by atoms with Gasteiger partial charge in [-0.05, 0) is 18.8 Å². The Kier molecular flexibility index (Phi) is 6.72. The molecule has 0 bridgehead atoms. The molecule has 1 aliphatic rings. The van der Waals surface area contributed by atoms with Crippen molar-refractivity contribution in [1.29, 1.82) is 0 Å². The van der Waals surface area contributed by atoms with Gasteiger partial charge in [-0.2, -0.15) is 0 Å². The fraction of sp³-hybridized carbons (Fsp3) is 0.750. The van der Waals surface area contributed by atoms with Crippen LogP contribution in [0.5, 0.6) is 0 Å². The molecule has 0 aliphatic carbocycles. The summed E-state index contributed by atoms with van der Waals surface area (Å²) in [5.41, 5.74) is 5.73. The number of nitrogens with zero attached hydrogens (tertiary/aromatic N) is 3. The minimum Gasteiger partial charge on any atom is -0.354 e. The van der Waals surface area contributed by atoms with Crippen LogP contribution in [0.4, 0.5) is 0 Å². The lowest BCUT2D eigenvalue weighted by atomic mass is 10.1. The zero-order valence-corrected chi connectivity index (χ0v) is 14.5. The van der Waals surface area contributed by atoms with Gasteiger partial charge in [0, 0.05) is 25.9 Å². The summed E-state index contributed by atoms with van der Waals surface area (Å²) in [6, 6.07) is -0.593. The van der Waals surface area contributed by atoms with Gasteiger partial charge in [-0.15, -0.1) is 10.2 Å². The Labute approximate surface area is 142 Å². The van der Waals surface area contributed by atoms with Gasteiger partial charge in [-0.25, -0.2) is 0 Å². The van der Waals surface area contributed by atoms with E-state index >= 15 is 0 Å². The lowest BCUT2D eigenvalue weighted by Crippen LogP contribution is -2.47. The van der Waals surface area contributed by atoms with E-state index in [9.17, 15) is 9.59 Å². The molecule has 8 nitrogen and oxygen atoms in total. The van der Waals surface area contributed by atoms with Crippen LogP contribution in [0.1, 0.15) is 44.8 Å². The molecule has 134 valence electrons. The molecule has 2 amide bonds. The number of hydrogen-bond donors (Lipinski definition) is 3. The molecule has 1 aliphatic heterocycles. The molecule has 0 unspecified atom stereocenters. The fourth-order valence-corrected chi connectivity index (χ4v) is 2.69. The van der Waals surface area contributed by atoms with Crippen molar-refractivity contribution >= 4 is 11.8 Å². The van der Waals surface area contributed by atoms with Crippen molar-refractivity contribution in [2.75, 3.05) is 13.1 Å². The van der Waals surface area contributed by atoms with E-state index in [1.807, 2.05) is 13.8 Å². The summed E-state index contributed by atoms with van der Waals surface area (Å²) in [6.45, 7) is 5.10. The zero-order valence-electron chi connectivity index (χ0n) is 14.5. The highest BCUT2D eigenvalue weighted by Gasteiger charge is 2.18. The predicted molar refractivity (Wildman–Crippen MR) is 90.1 cm³/mol. The van der Waals surface area contributed by atoms with Crippen molar-refractivity contribution in [3.05, 3.63) is 11.6 Å². The van der Waals surface area contributed by atoms with Crippen LogP contribution in [-0.4, -0.2) is 45.7 Å². The third-order valence-corrected chi connectivity index (χ3v) is 4.30. The molecule has 8 heteroatoms. The number of aromatic nitrogens is 3. The summed E-state index contributed by atoms with van der Waals surface area (Å²) >= 11 is 0. The Hall–Kier alpha value is -1.96. The van der Waals surface area contributed by atoms with E-state index in [-0.39, 0.29) is 24.3 Å². The van der Waals surface area contributed by atoms with E-state index in [1.54, 1.807) is 0 Å². The number of aryl methyl sites for hydroxylation is 1. The third-order valence-electron chi connectivity index (χ3n) is 4.30. The number of rotatable bonds is 7. The molecular formula is C16H28N6O2. The van der Waals surface area contributed by atoms with Crippen molar-refractivity contribution in [2.24, 2.45) is 11.7 Å². The SMILES string of the molecule is CC(C)[C@H](N)C(=O)NCC(=O)NCCc1nnc2n1CCCCC2. The standard InChI is InChI=1S/C16H28N6O2/c1-11(2)15(17)16(24)19-10-14(23)18-8-7-13-21-20-12-6-4-3-5-9-22(12)13/h11,15H,3-10,17H2,1-2H3,(H,18,23)(H,19,24)/t15-/m0/s1. The van der Waals surface area contributed by atoms with Gasteiger partial charge in [0.2, 0.25) is 11.8 Å². The van der Waals surface area contributed by atoms with E-state index < -0.39 is 6.04 Å². The van der Waals surface area contributed by atoms with Crippen molar-refractivity contribution in [3.8, 4) is 0 Å². The monoisotopic (exact) mass is 336 g/mol. The summed E-state index contributed by atoms with van der Waals surface area (Å²) in [5, 5.41) is 13.8. The Morgan fingerprint density at radius 2 is 2.00 bits per heavy atom. The Morgan fingerprint density at radius 1 is 1.21 bits per heavy atom. The number of carbonyl (C=O) groups excluding carboxylic acids is 2. The van der Waals surface area contributed by atoms with Gasteiger partial charge in [0.15, 0.2) is 0 Å². The second-order valence-electron chi connectivity index (χ2n) is 6.58. The largest absolute Gasteiger partial charge is 0.354 e. The smallest absolute Gasteiger partial charge is 0.239 e. The Balaban J connectivity index is 1.71. The number of fused-ring (bicyclic) bond motifs is 1. The summed E-state index contributed by atoms with van der Waals surface area (Å²) < 4.78 is 2.17. The minimum absolute atomic E-state index is 0.0382. The van der Waals surface area contributed by atoms with Crippen LogP contribution in [0.25, 0.3) is 0 Å². The molecule has 24 heavy (non-hydrogen) atoms. The van der Waals surface area contributed by atoms with Crippen LogP contribution >= 0.6 is 0 Å². The van der Waals surface area contributed by atoms with Gasteiger partial charge >= 0.3 is 0 Å². The zero-order chi connectivity index (χ0) is 17.5. The molecule has 1 atom stereocenters. The number of nitrogens with one attached hydrogen (secondary N) is 2. The summed E-state index contributed by atoms with van der Waals surface area (Å²) in [4.78, 5) is 23.5. The predicted octanol–water partition coefficient (Wildman–Crippen LogP) is -0.237. The van der Waals surface area contributed by atoms with Gasteiger partial charge < -0.3 is 20.9 Å². The average Bonchev–Trinajstić information content (AvgIpc) is 2.79. The highest BCUT2D eigenvalue weighted by Crippen LogP contribution is 2.14. The number of amides is 2. The highest BCUT2D eigenvalue weighted by molar-refractivity contribution is 5.87. The van der Waals surface area contributed by atoms with Crippen molar-refractivity contribution in [1.82, 2.24) is 25.4 Å². The lowest BCUT2D eigenvalue weighted by Gasteiger charge is -2.15.